The van der Waals surface area contributed by atoms with E-state index in [2.05, 4.69) is 41.4 Å². The van der Waals surface area contributed by atoms with Crippen LogP contribution in [0.4, 0.5) is 5.69 Å². The van der Waals surface area contributed by atoms with Gasteiger partial charge in [0, 0.05) is 37.3 Å². The summed E-state index contributed by atoms with van der Waals surface area (Å²) in [6, 6.07) is 19.0. The Morgan fingerprint density at radius 1 is 1.11 bits per heavy atom. The summed E-state index contributed by atoms with van der Waals surface area (Å²) in [5.74, 6) is 0.113. The van der Waals surface area contributed by atoms with Gasteiger partial charge in [0.15, 0.2) is 0 Å². The normalized spacial score (nSPS) is 19.0. The molecule has 2 atom stereocenters. The highest BCUT2D eigenvalue weighted by Gasteiger charge is 2.29. The van der Waals surface area contributed by atoms with Crippen molar-refractivity contribution >= 4 is 36.4 Å². The zero-order chi connectivity index (χ0) is 17.6. The maximum absolute atomic E-state index is 12.3. The first kappa shape index (κ1) is 23.3. The Hall–Kier alpha value is -1.75. The van der Waals surface area contributed by atoms with Crippen molar-refractivity contribution in [2.45, 2.75) is 44.8 Å². The molecule has 0 aromatic heterocycles. The van der Waals surface area contributed by atoms with Gasteiger partial charge in [0.05, 0.1) is 0 Å². The molecule has 2 aromatic rings. The summed E-state index contributed by atoms with van der Waals surface area (Å²) in [7, 11) is 0. The molecule has 1 aliphatic heterocycles. The highest BCUT2D eigenvalue weighted by atomic mass is 35.5. The number of hydrogen-bond acceptors (Lipinski definition) is 3. The van der Waals surface area contributed by atoms with Crippen molar-refractivity contribution in [1.29, 1.82) is 0 Å². The van der Waals surface area contributed by atoms with Crippen molar-refractivity contribution in [2.24, 2.45) is 0 Å². The number of para-hydroxylation sites is 1. The average Bonchev–Trinajstić information content (AvgIpc) is 2.94. The number of carbonyl (C=O) groups is 1. The molecule has 0 bridgehead atoms. The van der Waals surface area contributed by atoms with E-state index in [4.69, 9.17) is 5.73 Å². The summed E-state index contributed by atoms with van der Waals surface area (Å²) in [5.41, 5.74) is 9.07. The van der Waals surface area contributed by atoms with Gasteiger partial charge in [0.1, 0.15) is 0 Å². The molecule has 148 valence electrons. The number of aryl methyl sites for hydroxylation is 1. The van der Waals surface area contributed by atoms with Crippen LogP contribution in [-0.4, -0.2) is 29.4 Å². The van der Waals surface area contributed by atoms with Crippen LogP contribution in [0.1, 0.15) is 30.9 Å². The molecule has 1 fully saturated rings. The molecule has 1 aliphatic rings. The van der Waals surface area contributed by atoms with Gasteiger partial charge in [0.25, 0.3) is 0 Å². The topological polar surface area (TPSA) is 58.4 Å². The lowest BCUT2D eigenvalue weighted by Gasteiger charge is -2.20. The lowest BCUT2D eigenvalue weighted by atomic mass is 10.1. The fraction of sp³-hybridized carbons (Fsp3) is 0.381. The molecule has 3 N–H and O–H groups in total. The molecule has 1 saturated heterocycles. The Bertz CT molecular complexity index is 712. The highest BCUT2D eigenvalue weighted by molar-refractivity contribution is 5.85. The predicted octanol–water partition coefficient (Wildman–Crippen LogP) is 3.82. The molecule has 1 amide bonds. The van der Waals surface area contributed by atoms with Gasteiger partial charge in [-0.2, -0.15) is 0 Å². The maximum Gasteiger partial charge on any atom is 0.220 e. The molecule has 1 heterocycles. The number of rotatable bonds is 6. The second kappa shape index (κ2) is 11.2. The monoisotopic (exact) mass is 409 g/mol. The third-order valence-electron chi connectivity index (χ3n) is 4.97. The molecule has 0 saturated carbocycles. The van der Waals surface area contributed by atoms with Crippen LogP contribution in [0, 0.1) is 0 Å². The van der Waals surface area contributed by atoms with E-state index in [-0.39, 0.29) is 36.8 Å². The Labute approximate surface area is 174 Å². The number of hydrogen-bond donors (Lipinski definition) is 2. The fourth-order valence-corrected chi connectivity index (χ4v) is 3.55. The first-order valence-corrected chi connectivity index (χ1v) is 9.02. The lowest BCUT2D eigenvalue weighted by Crippen LogP contribution is -2.37. The molecular formula is C21H29Cl2N3O. The summed E-state index contributed by atoms with van der Waals surface area (Å²) in [5, 5.41) is 3.19. The van der Waals surface area contributed by atoms with E-state index in [1.54, 1.807) is 0 Å². The van der Waals surface area contributed by atoms with Gasteiger partial charge in [-0.25, -0.2) is 0 Å². The first-order valence-electron chi connectivity index (χ1n) is 9.02. The van der Waals surface area contributed by atoms with Gasteiger partial charge in [-0.05, 0) is 37.0 Å². The largest absolute Gasteiger partial charge is 0.399 e. The summed E-state index contributed by atoms with van der Waals surface area (Å²) >= 11 is 0. The number of nitrogen functional groups attached to an aromatic ring is 1. The van der Waals surface area contributed by atoms with E-state index in [1.165, 1.54) is 5.56 Å². The number of nitrogens with zero attached hydrogens (tertiary/aromatic N) is 1. The molecular weight excluding hydrogens is 381 g/mol. The number of nitrogens with one attached hydrogen (secondary N) is 1. The number of likely N-dealkylation sites (tertiary alicyclic amines) is 1. The summed E-state index contributed by atoms with van der Waals surface area (Å²) in [4.78, 5) is 14.7. The van der Waals surface area contributed by atoms with Crippen molar-refractivity contribution in [3.63, 3.8) is 0 Å². The second-order valence-corrected chi connectivity index (χ2v) is 6.96. The molecule has 2 unspecified atom stereocenters. The second-order valence-electron chi connectivity index (χ2n) is 6.96. The van der Waals surface area contributed by atoms with Gasteiger partial charge in [-0.1, -0.05) is 48.5 Å². The average molecular weight is 410 g/mol. The maximum atomic E-state index is 12.3. The van der Waals surface area contributed by atoms with Crippen molar-refractivity contribution in [3.05, 3.63) is 65.7 Å². The molecule has 0 radical (unpaired) electrons. The van der Waals surface area contributed by atoms with Crippen LogP contribution in [-0.2, 0) is 17.8 Å². The van der Waals surface area contributed by atoms with E-state index in [0.29, 0.717) is 18.9 Å². The van der Waals surface area contributed by atoms with E-state index in [0.717, 1.165) is 30.8 Å². The summed E-state index contributed by atoms with van der Waals surface area (Å²) in [6.07, 6.45) is 2.18. The van der Waals surface area contributed by atoms with Crippen LogP contribution in [0.15, 0.2) is 54.6 Å². The fourth-order valence-electron chi connectivity index (χ4n) is 3.55. The number of halogens is 2. The van der Waals surface area contributed by atoms with Gasteiger partial charge in [-0.3, -0.25) is 9.69 Å². The van der Waals surface area contributed by atoms with Crippen LogP contribution in [0.2, 0.25) is 0 Å². The molecule has 6 heteroatoms. The minimum atomic E-state index is 0. The smallest absolute Gasteiger partial charge is 0.220 e. The van der Waals surface area contributed by atoms with Crippen molar-refractivity contribution in [2.75, 3.05) is 12.3 Å². The van der Waals surface area contributed by atoms with E-state index >= 15 is 0 Å². The third kappa shape index (κ3) is 6.73. The number of benzene rings is 2. The summed E-state index contributed by atoms with van der Waals surface area (Å²) in [6.45, 7) is 4.09. The number of anilines is 1. The molecule has 2 aromatic carbocycles. The number of carbonyl (C=O) groups excluding carboxylic acids is 1. The van der Waals surface area contributed by atoms with Crippen molar-refractivity contribution in [1.82, 2.24) is 10.2 Å². The van der Waals surface area contributed by atoms with Crippen LogP contribution < -0.4 is 11.1 Å². The first-order chi connectivity index (χ1) is 12.1. The molecule has 4 nitrogen and oxygen atoms in total. The Kier molecular flexibility index (Phi) is 9.64. The SMILES string of the molecule is CC1CC(NC(=O)CCc2ccccc2N)CN1Cc1ccccc1.Cl.Cl. The Balaban J connectivity index is 0.00000182. The molecule has 0 spiro atoms. The van der Waals surface area contributed by atoms with Gasteiger partial charge in [-0.15, -0.1) is 24.8 Å². The number of amides is 1. The standard InChI is InChI=1S/C21H27N3O.2ClH/c1-16-13-19(15-24(16)14-17-7-3-2-4-8-17)23-21(25)12-11-18-9-5-6-10-20(18)22;;/h2-10,16,19H,11-15,22H2,1H3,(H,23,25);2*1H. The lowest BCUT2D eigenvalue weighted by molar-refractivity contribution is -0.121. The van der Waals surface area contributed by atoms with E-state index in [9.17, 15) is 4.79 Å². The number of nitrogens with two attached hydrogens (primary N) is 1. The zero-order valence-electron chi connectivity index (χ0n) is 15.6. The minimum absolute atomic E-state index is 0. The minimum Gasteiger partial charge on any atom is -0.399 e. The highest BCUT2D eigenvalue weighted by Crippen LogP contribution is 2.20. The summed E-state index contributed by atoms with van der Waals surface area (Å²) < 4.78 is 0. The van der Waals surface area contributed by atoms with Gasteiger partial charge >= 0.3 is 0 Å². The van der Waals surface area contributed by atoms with Crippen LogP contribution in [0.25, 0.3) is 0 Å². The van der Waals surface area contributed by atoms with E-state index < -0.39 is 0 Å². The van der Waals surface area contributed by atoms with Gasteiger partial charge < -0.3 is 11.1 Å². The predicted molar refractivity (Wildman–Crippen MR) is 117 cm³/mol. The zero-order valence-corrected chi connectivity index (χ0v) is 17.3. The third-order valence-corrected chi connectivity index (χ3v) is 4.97. The van der Waals surface area contributed by atoms with E-state index in [1.807, 2.05) is 30.3 Å². The van der Waals surface area contributed by atoms with Crippen LogP contribution in [0.5, 0.6) is 0 Å². The van der Waals surface area contributed by atoms with Crippen LogP contribution in [0.3, 0.4) is 0 Å². The molecule has 0 aliphatic carbocycles. The quantitative estimate of drug-likeness (QED) is 0.712. The Morgan fingerprint density at radius 3 is 2.48 bits per heavy atom. The van der Waals surface area contributed by atoms with Crippen molar-refractivity contribution < 1.29 is 4.79 Å². The van der Waals surface area contributed by atoms with Crippen LogP contribution >= 0.6 is 24.8 Å². The molecule has 3 rings (SSSR count). The molecule has 27 heavy (non-hydrogen) atoms. The Morgan fingerprint density at radius 2 is 1.78 bits per heavy atom. The van der Waals surface area contributed by atoms with Crippen molar-refractivity contribution in [3.8, 4) is 0 Å². The van der Waals surface area contributed by atoms with Gasteiger partial charge in [0.2, 0.25) is 5.91 Å².